The van der Waals surface area contributed by atoms with Crippen LogP contribution in [0.25, 0.3) is 0 Å². The minimum Gasteiger partial charge on any atom is -0.478 e. The Hall–Kier alpha value is -4.46. The monoisotopic (exact) mass is 402 g/mol. The number of hydrazone groups is 2. The summed E-state index contributed by atoms with van der Waals surface area (Å²) in [5.74, 6) is -1.99. The SMILES string of the molecule is O=C(O)c1cccc(N/N=C/c2ccc(/C=N/Nc3cccc(C(=O)O)c3)cc2)c1. The van der Waals surface area contributed by atoms with Gasteiger partial charge >= 0.3 is 11.9 Å². The standard InChI is InChI=1S/C22H18N4O4/c27-21(28)17-3-1-5-19(11-17)25-23-13-15-7-9-16(10-8-15)14-24-26-20-6-2-4-18(12-20)22(29)30/h1-14,25-26H,(H,27,28)(H,29,30)/b23-13+,24-14+. The second kappa shape index (κ2) is 9.65. The molecular weight excluding hydrogens is 384 g/mol. The lowest BCUT2D eigenvalue weighted by atomic mass is 10.2. The number of carbonyl (C=O) groups is 2. The van der Waals surface area contributed by atoms with Crippen LogP contribution in [0.5, 0.6) is 0 Å². The van der Waals surface area contributed by atoms with Crippen LogP contribution in [0.15, 0.2) is 83.0 Å². The quantitative estimate of drug-likeness (QED) is 0.334. The molecule has 0 amide bonds. The van der Waals surface area contributed by atoms with Crippen LogP contribution in [0.1, 0.15) is 31.8 Å². The fraction of sp³-hybridized carbons (Fsp3) is 0. The summed E-state index contributed by atoms with van der Waals surface area (Å²) < 4.78 is 0. The molecule has 30 heavy (non-hydrogen) atoms. The third-order valence-corrected chi connectivity index (χ3v) is 3.97. The van der Waals surface area contributed by atoms with Crippen molar-refractivity contribution in [2.24, 2.45) is 10.2 Å². The zero-order valence-electron chi connectivity index (χ0n) is 15.7. The second-order valence-electron chi connectivity index (χ2n) is 6.18. The number of benzene rings is 3. The van der Waals surface area contributed by atoms with Gasteiger partial charge in [-0.3, -0.25) is 10.9 Å². The number of hydrogen-bond donors (Lipinski definition) is 4. The van der Waals surface area contributed by atoms with Crippen LogP contribution in [0.4, 0.5) is 11.4 Å². The number of carboxylic acid groups (broad SMARTS) is 2. The van der Waals surface area contributed by atoms with Gasteiger partial charge in [0.2, 0.25) is 0 Å². The maximum absolute atomic E-state index is 11.0. The Balaban J connectivity index is 1.55. The van der Waals surface area contributed by atoms with Crippen LogP contribution in [-0.2, 0) is 0 Å². The van der Waals surface area contributed by atoms with E-state index in [0.717, 1.165) is 11.1 Å². The average molecular weight is 402 g/mol. The Morgan fingerprint density at radius 3 is 1.43 bits per heavy atom. The lowest BCUT2D eigenvalue weighted by molar-refractivity contribution is 0.0686. The van der Waals surface area contributed by atoms with Gasteiger partial charge in [-0.2, -0.15) is 10.2 Å². The van der Waals surface area contributed by atoms with Crippen molar-refractivity contribution in [1.82, 2.24) is 0 Å². The highest BCUT2D eigenvalue weighted by atomic mass is 16.4. The molecule has 0 bridgehead atoms. The normalized spacial score (nSPS) is 10.9. The van der Waals surface area contributed by atoms with E-state index in [2.05, 4.69) is 21.1 Å². The summed E-state index contributed by atoms with van der Waals surface area (Å²) in [6, 6.07) is 20.2. The van der Waals surface area contributed by atoms with Gasteiger partial charge in [0.05, 0.1) is 34.9 Å². The van der Waals surface area contributed by atoms with E-state index >= 15 is 0 Å². The van der Waals surface area contributed by atoms with Crippen molar-refractivity contribution in [3.63, 3.8) is 0 Å². The van der Waals surface area contributed by atoms with Crippen LogP contribution < -0.4 is 10.9 Å². The summed E-state index contributed by atoms with van der Waals surface area (Å²) in [4.78, 5) is 21.9. The Morgan fingerprint density at radius 2 is 1.07 bits per heavy atom. The highest BCUT2D eigenvalue weighted by molar-refractivity contribution is 5.89. The van der Waals surface area contributed by atoms with Crippen molar-refractivity contribution in [2.45, 2.75) is 0 Å². The fourth-order valence-corrected chi connectivity index (χ4v) is 2.47. The first-order chi connectivity index (χ1) is 14.5. The summed E-state index contributed by atoms with van der Waals surface area (Å²) in [5, 5.41) is 26.2. The predicted octanol–water partition coefficient (Wildman–Crippen LogP) is 3.98. The van der Waals surface area contributed by atoms with Crippen molar-refractivity contribution in [3.05, 3.63) is 95.1 Å². The molecule has 0 aromatic heterocycles. The molecule has 0 spiro atoms. The Morgan fingerprint density at radius 1 is 0.667 bits per heavy atom. The molecule has 0 aliphatic carbocycles. The van der Waals surface area contributed by atoms with E-state index in [9.17, 15) is 9.59 Å². The van der Waals surface area contributed by atoms with Gasteiger partial charge in [-0.05, 0) is 47.5 Å². The first kappa shape index (κ1) is 20.3. The van der Waals surface area contributed by atoms with E-state index in [1.807, 2.05) is 24.3 Å². The van der Waals surface area contributed by atoms with Gasteiger partial charge in [-0.25, -0.2) is 9.59 Å². The van der Waals surface area contributed by atoms with Crippen LogP contribution in [0.3, 0.4) is 0 Å². The number of hydrogen-bond acceptors (Lipinski definition) is 6. The molecule has 0 atom stereocenters. The zero-order valence-corrected chi connectivity index (χ0v) is 15.7. The van der Waals surface area contributed by atoms with E-state index in [-0.39, 0.29) is 11.1 Å². The van der Waals surface area contributed by atoms with Crippen molar-refractivity contribution >= 4 is 35.7 Å². The van der Waals surface area contributed by atoms with Crippen LogP contribution in [-0.4, -0.2) is 34.6 Å². The van der Waals surface area contributed by atoms with E-state index < -0.39 is 11.9 Å². The molecular formula is C22H18N4O4. The molecule has 0 unspecified atom stereocenters. The third-order valence-electron chi connectivity index (χ3n) is 3.97. The maximum atomic E-state index is 11.0. The summed E-state index contributed by atoms with van der Waals surface area (Å²) in [6.45, 7) is 0. The highest BCUT2D eigenvalue weighted by Crippen LogP contribution is 2.12. The summed E-state index contributed by atoms with van der Waals surface area (Å²) >= 11 is 0. The van der Waals surface area contributed by atoms with Gasteiger partial charge in [0, 0.05) is 0 Å². The second-order valence-corrected chi connectivity index (χ2v) is 6.18. The molecule has 8 heteroatoms. The van der Waals surface area contributed by atoms with Gasteiger partial charge in [0.25, 0.3) is 0 Å². The topological polar surface area (TPSA) is 123 Å². The molecule has 0 heterocycles. The lowest BCUT2D eigenvalue weighted by Gasteiger charge is -2.02. The van der Waals surface area contributed by atoms with Crippen LogP contribution in [0.2, 0.25) is 0 Å². The molecule has 0 radical (unpaired) electrons. The number of carboxylic acids is 2. The average Bonchev–Trinajstić information content (AvgIpc) is 2.75. The van der Waals surface area contributed by atoms with E-state index in [4.69, 9.17) is 10.2 Å². The van der Waals surface area contributed by atoms with Crippen molar-refractivity contribution < 1.29 is 19.8 Å². The van der Waals surface area contributed by atoms with E-state index in [0.29, 0.717) is 11.4 Å². The van der Waals surface area contributed by atoms with Crippen LogP contribution >= 0.6 is 0 Å². The van der Waals surface area contributed by atoms with Crippen molar-refractivity contribution in [1.29, 1.82) is 0 Å². The van der Waals surface area contributed by atoms with E-state index in [1.165, 1.54) is 24.3 Å². The molecule has 3 rings (SSSR count). The number of rotatable bonds is 8. The largest absolute Gasteiger partial charge is 0.478 e. The Bertz CT molecular complexity index is 1020. The molecule has 150 valence electrons. The molecule has 3 aromatic rings. The maximum Gasteiger partial charge on any atom is 0.335 e. The molecule has 0 aliphatic rings. The Kier molecular flexibility index (Phi) is 6.52. The molecule has 0 aliphatic heterocycles. The number of aromatic carboxylic acids is 2. The molecule has 8 nitrogen and oxygen atoms in total. The zero-order chi connectivity index (χ0) is 21.3. The van der Waals surface area contributed by atoms with Gasteiger partial charge in [-0.1, -0.05) is 36.4 Å². The molecule has 4 N–H and O–H groups in total. The van der Waals surface area contributed by atoms with Gasteiger partial charge in [0.15, 0.2) is 0 Å². The minimum atomic E-state index is -0.996. The number of nitrogens with one attached hydrogen (secondary N) is 2. The summed E-state index contributed by atoms with van der Waals surface area (Å²) in [5.41, 5.74) is 8.80. The summed E-state index contributed by atoms with van der Waals surface area (Å²) in [6.07, 6.45) is 3.23. The van der Waals surface area contributed by atoms with Gasteiger partial charge in [-0.15, -0.1) is 0 Å². The van der Waals surface area contributed by atoms with Gasteiger partial charge < -0.3 is 10.2 Å². The number of nitrogens with zero attached hydrogens (tertiary/aromatic N) is 2. The van der Waals surface area contributed by atoms with Crippen LogP contribution in [0, 0.1) is 0 Å². The Labute approximate surface area is 172 Å². The molecule has 0 saturated carbocycles. The third kappa shape index (κ3) is 5.77. The van der Waals surface area contributed by atoms with Gasteiger partial charge in [0.1, 0.15) is 0 Å². The highest BCUT2D eigenvalue weighted by Gasteiger charge is 2.03. The number of anilines is 2. The minimum absolute atomic E-state index is 0.183. The molecule has 0 saturated heterocycles. The molecule has 0 fully saturated rings. The summed E-state index contributed by atoms with van der Waals surface area (Å²) in [7, 11) is 0. The fourth-order valence-electron chi connectivity index (χ4n) is 2.47. The van der Waals surface area contributed by atoms with Crippen molar-refractivity contribution in [2.75, 3.05) is 10.9 Å². The smallest absolute Gasteiger partial charge is 0.335 e. The predicted molar refractivity (Wildman–Crippen MR) is 116 cm³/mol. The lowest BCUT2D eigenvalue weighted by Crippen LogP contribution is -1.98. The first-order valence-electron chi connectivity index (χ1n) is 8.86. The van der Waals surface area contributed by atoms with E-state index in [1.54, 1.807) is 36.7 Å². The first-order valence-corrected chi connectivity index (χ1v) is 8.86. The van der Waals surface area contributed by atoms with Crippen molar-refractivity contribution in [3.8, 4) is 0 Å². The molecule has 3 aromatic carbocycles.